The van der Waals surface area contributed by atoms with Gasteiger partial charge in [-0.25, -0.2) is 0 Å². The third-order valence-corrected chi connectivity index (χ3v) is 4.19. The van der Waals surface area contributed by atoms with E-state index in [1.54, 1.807) is 11.7 Å². The van der Waals surface area contributed by atoms with Gasteiger partial charge in [0.1, 0.15) is 5.15 Å². The van der Waals surface area contributed by atoms with Crippen molar-refractivity contribution in [1.82, 2.24) is 9.78 Å². The first-order chi connectivity index (χ1) is 8.50. The maximum Gasteiger partial charge on any atom is 0.168 e. The van der Waals surface area contributed by atoms with Crippen LogP contribution >= 0.6 is 34.2 Å². The SMILES string of the molecule is Cc1nn(C)c(Cl)c1CC(=O)c1ccccc1I. The van der Waals surface area contributed by atoms with Crippen molar-refractivity contribution < 1.29 is 4.79 Å². The van der Waals surface area contributed by atoms with Gasteiger partial charge in [0.05, 0.1) is 5.69 Å². The van der Waals surface area contributed by atoms with Gasteiger partial charge in [0, 0.05) is 28.2 Å². The van der Waals surface area contributed by atoms with E-state index in [4.69, 9.17) is 11.6 Å². The first kappa shape index (κ1) is 13.5. The average molecular weight is 375 g/mol. The molecule has 0 radical (unpaired) electrons. The maximum atomic E-state index is 12.2. The van der Waals surface area contributed by atoms with Crippen LogP contribution in [0.3, 0.4) is 0 Å². The Labute approximate surface area is 124 Å². The summed E-state index contributed by atoms with van der Waals surface area (Å²) in [5.74, 6) is 0.0676. The Balaban J connectivity index is 2.30. The lowest BCUT2D eigenvalue weighted by molar-refractivity contribution is 0.0992. The van der Waals surface area contributed by atoms with Gasteiger partial charge in [-0.1, -0.05) is 29.8 Å². The second-order valence-electron chi connectivity index (χ2n) is 4.06. The molecule has 0 saturated carbocycles. The third kappa shape index (κ3) is 2.59. The van der Waals surface area contributed by atoms with Gasteiger partial charge < -0.3 is 0 Å². The van der Waals surface area contributed by atoms with Crippen molar-refractivity contribution in [2.24, 2.45) is 7.05 Å². The lowest BCUT2D eigenvalue weighted by Crippen LogP contribution is -2.06. The van der Waals surface area contributed by atoms with E-state index in [2.05, 4.69) is 27.7 Å². The lowest BCUT2D eigenvalue weighted by Gasteiger charge is -2.03. The second kappa shape index (κ2) is 5.40. The first-order valence-electron chi connectivity index (χ1n) is 5.46. The molecule has 0 amide bonds. The van der Waals surface area contributed by atoms with Gasteiger partial charge in [-0.3, -0.25) is 9.48 Å². The summed E-state index contributed by atoms with van der Waals surface area (Å²) in [6, 6.07) is 7.54. The van der Waals surface area contributed by atoms with E-state index in [1.807, 2.05) is 31.2 Å². The van der Waals surface area contributed by atoms with Gasteiger partial charge in [-0.2, -0.15) is 5.10 Å². The summed E-state index contributed by atoms with van der Waals surface area (Å²) in [6.45, 7) is 1.87. The minimum absolute atomic E-state index is 0.0676. The molecule has 1 heterocycles. The molecule has 0 aliphatic heterocycles. The number of halogens is 2. The number of hydrogen-bond donors (Lipinski definition) is 0. The standard InChI is InChI=1S/C13H12ClIN2O/c1-8-10(13(14)17(2)16-8)7-12(18)9-5-3-4-6-11(9)15/h3-6H,7H2,1-2H3. The fraction of sp³-hybridized carbons (Fsp3) is 0.231. The van der Waals surface area contributed by atoms with Crippen LogP contribution in [0, 0.1) is 10.5 Å². The van der Waals surface area contributed by atoms with Crippen LogP contribution in [0.1, 0.15) is 21.6 Å². The predicted molar refractivity (Wildman–Crippen MR) is 80.1 cm³/mol. The van der Waals surface area contributed by atoms with Crippen molar-refractivity contribution in [3.8, 4) is 0 Å². The van der Waals surface area contributed by atoms with Crippen molar-refractivity contribution in [3.05, 3.63) is 49.8 Å². The van der Waals surface area contributed by atoms with E-state index in [-0.39, 0.29) is 5.78 Å². The zero-order valence-corrected chi connectivity index (χ0v) is 13.0. The van der Waals surface area contributed by atoms with Gasteiger partial charge in [0.25, 0.3) is 0 Å². The maximum absolute atomic E-state index is 12.2. The molecule has 0 saturated heterocycles. The van der Waals surface area contributed by atoms with E-state index >= 15 is 0 Å². The molecule has 0 aliphatic carbocycles. The molecule has 94 valence electrons. The number of ketones is 1. The summed E-state index contributed by atoms with van der Waals surface area (Å²) >= 11 is 8.30. The molecule has 5 heteroatoms. The Bertz CT molecular complexity index is 607. The molecule has 0 N–H and O–H groups in total. The highest BCUT2D eigenvalue weighted by Crippen LogP contribution is 2.22. The van der Waals surface area contributed by atoms with Crippen LogP contribution in [0.5, 0.6) is 0 Å². The lowest BCUT2D eigenvalue weighted by atomic mass is 10.0. The van der Waals surface area contributed by atoms with E-state index < -0.39 is 0 Å². The van der Waals surface area contributed by atoms with Crippen molar-refractivity contribution >= 4 is 40.0 Å². The summed E-state index contributed by atoms with van der Waals surface area (Å²) in [7, 11) is 1.77. The van der Waals surface area contributed by atoms with Gasteiger partial charge in [0.15, 0.2) is 5.78 Å². The van der Waals surface area contributed by atoms with Gasteiger partial charge in [-0.05, 0) is 35.6 Å². The summed E-state index contributed by atoms with van der Waals surface area (Å²) < 4.78 is 2.55. The quantitative estimate of drug-likeness (QED) is 0.609. The Kier molecular flexibility index (Phi) is 4.07. The van der Waals surface area contributed by atoms with E-state index in [9.17, 15) is 4.79 Å². The molecule has 1 aromatic carbocycles. The van der Waals surface area contributed by atoms with Crippen LogP contribution in [0.25, 0.3) is 0 Å². The minimum atomic E-state index is 0.0676. The Morgan fingerprint density at radius 3 is 2.67 bits per heavy atom. The van der Waals surface area contributed by atoms with E-state index in [0.29, 0.717) is 11.6 Å². The Morgan fingerprint density at radius 2 is 2.11 bits per heavy atom. The highest BCUT2D eigenvalue weighted by atomic mass is 127. The molecule has 3 nitrogen and oxygen atoms in total. The average Bonchev–Trinajstić information content (AvgIpc) is 2.56. The predicted octanol–water partition coefficient (Wildman–Crippen LogP) is 3.41. The molecule has 18 heavy (non-hydrogen) atoms. The normalized spacial score (nSPS) is 10.7. The number of carbonyl (C=O) groups is 1. The Hall–Kier alpha value is -0.880. The van der Waals surface area contributed by atoms with Crippen LogP contribution in [-0.4, -0.2) is 15.6 Å². The van der Waals surface area contributed by atoms with E-state index in [1.165, 1.54) is 0 Å². The third-order valence-electron chi connectivity index (χ3n) is 2.78. The highest BCUT2D eigenvalue weighted by Gasteiger charge is 2.17. The van der Waals surface area contributed by atoms with Crippen molar-refractivity contribution in [2.75, 3.05) is 0 Å². The topological polar surface area (TPSA) is 34.9 Å². The molecule has 1 aromatic heterocycles. The molecule has 0 unspecified atom stereocenters. The van der Waals surface area contributed by atoms with Crippen LogP contribution < -0.4 is 0 Å². The molecule has 0 atom stereocenters. The number of hydrogen-bond acceptors (Lipinski definition) is 2. The number of rotatable bonds is 3. The molecular formula is C13H12ClIN2O. The summed E-state index contributed by atoms with van der Waals surface area (Å²) in [5.41, 5.74) is 2.35. The molecule has 2 rings (SSSR count). The molecule has 0 aliphatic rings. The fourth-order valence-electron chi connectivity index (χ4n) is 1.82. The zero-order chi connectivity index (χ0) is 13.3. The number of aromatic nitrogens is 2. The molecule has 0 bridgehead atoms. The summed E-state index contributed by atoms with van der Waals surface area (Å²) in [6.07, 6.45) is 0.290. The molecule has 2 aromatic rings. The van der Waals surface area contributed by atoms with E-state index in [0.717, 1.165) is 20.4 Å². The Morgan fingerprint density at radius 1 is 1.44 bits per heavy atom. The zero-order valence-electron chi connectivity index (χ0n) is 10.1. The number of Topliss-reactive ketones (excluding diaryl/α,β-unsaturated/α-hetero) is 1. The van der Waals surface area contributed by atoms with Crippen LogP contribution in [0.2, 0.25) is 5.15 Å². The molecule has 0 fully saturated rings. The van der Waals surface area contributed by atoms with Crippen LogP contribution in [-0.2, 0) is 13.5 Å². The number of benzene rings is 1. The van der Waals surface area contributed by atoms with Gasteiger partial charge >= 0.3 is 0 Å². The second-order valence-corrected chi connectivity index (χ2v) is 5.58. The van der Waals surface area contributed by atoms with Gasteiger partial charge in [0.2, 0.25) is 0 Å². The highest BCUT2D eigenvalue weighted by molar-refractivity contribution is 14.1. The largest absolute Gasteiger partial charge is 0.294 e. The number of nitrogens with zero attached hydrogens (tertiary/aromatic N) is 2. The minimum Gasteiger partial charge on any atom is -0.294 e. The van der Waals surface area contributed by atoms with Crippen LogP contribution in [0.4, 0.5) is 0 Å². The molecule has 0 spiro atoms. The smallest absolute Gasteiger partial charge is 0.168 e. The van der Waals surface area contributed by atoms with Gasteiger partial charge in [-0.15, -0.1) is 0 Å². The van der Waals surface area contributed by atoms with Crippen molar-refractivity contribution in [3.63, 3.8) is 0 Å². The van der Waals surface area contributed by atoms with Crippen molar-refractivity contribution in [2.45, 2.75) is 13.3 Å². The molecular weight excluding hydrogens is 363 g/mol. The number of carbonyl (C=O) groups excluding carboxylic acids is 1. The summed E-state index contributed by atoms with van der Waals surface area (Å²) in [4.78, 5) is 12.2. The summed E-state index contributed by atoms with van der Waals surface area (Å²) in [5, 5.41) is 4.74. The first-order valence-corrected chi connectivity index (χ1v) is 6.92. The number of aryl methyl sites for hydroxylation is 2. The van der Waals surface area contributed by atoms with Crippen LogP contribution in [0.15, 0.2) is 24.3 Å². The fourth-order valence-corrected chi connectivity index (χ4v) is 2.75. The monoisotopic (exact) mass is 374 g/mol. The van der Waals surface area contributed by atoms with Crippen molar-refractivity contribution in [1.29, 1.82) is 0 Å².